The topological polar surface area (TPSA) is 78.1 Å². The third kappa shape index (κ3) is 1.41. The molecule has 0 aromatic carbocycles. The Kier molecular flexibility index (Phi) is 2.52. The average molecular weight is 157 g/mol. The van der Waals surface area contributed by atoms with Gasteiger partial charge >= 0.3 is 0 Å². The molecule has 2 fully saturated rings. The summed E-state index contributed by atoms with van der Waals surface area (Å²) in [6.07, 6.45) is 4.85. The molecule has 0 aliphatic heterocycles. The van der Waals surface area contributed by atoms with Crippen LogP contribution in [0, 0.1) is 5.92 Å². The number of nitrogens with two attached hydrogens (primary N) is 3. The van der Waals surface area contributed by atoms with Gasteiger partial charge in [-0.3, -0.25) is 0 Å². The highest BCUT2D eigenvalue weighted by Gasteiger charge is 2.47. The number of fused-ring (bicyclic) bond motifs is 2. The van der Waals surface area contributed by atoms with Crippen molar-refractivity contribution in [1.82, 2.24) is 0 Å². The first-order valence-electron chi connectivity index (χ1n) is 4.33. The van der Waals surface area contributed by atoms with E-state index in [-0.39, 0.29) is 5.54 Å². The number of hydrogen-bond acceptors (Lipinski definition) is 3. The zero-order chi connectivity index (χ0) is 8.48. The van der Waals surface area contributed by atoms with Crippen molar-refractivity contribution in [2.75, 3.05) is 7.05 Å². The standard InChI is InChI=1S/C7H14N2.CH5N/c8-6-3-5-1-2-7(6,9)4-5;1-2/h5-6H,1-4,8-9H2;2H2,1H3. The van der Waals surface area contributed by atoms with Gasteiger partial charge in [0, 0.05) is 11.6 Å². The normalized spacial score (nSPS) is 46.9. The van der Waals surface area contributed by atoms with E-state index in [1.54, 1.807) is 0 Å². The van der Waals surface area contributed by atoms with Gasteiger partial charge in [0.05, 0.1) is 0 Å². The van der Waals surface area contributed by atoms with Crippen molar-refractivity contribution in [1.29, 1.82) is 0 Å². The molecule has 0 saturated heterocycles. The molecule has 6 N–H and O–H groups in total. The lowest BCUT2D eigenvalue weighted by Crippen LogP contribution is -2.50. The van der Waals surface area contributed by atoms with Crippen molar-refractivity contribution >= 4 is 0 Å². The maximum absolute atomic E-state index is 6.02. The molecular formula is C8H19N3. The van der Waals surface area contributed by atoms with Crippen LogP contribution in [0.25, 0.3) is 0 Å². The van der Waals surface area contributed by atoms with Gasteiger partial charge in [-0.2, -0.15) is 0 Å². The maximum Gasteiger partial charge on any atom is 0.0310 e. The molecule has 2 rings (SSSR count). The van der Waals surface area contributed by atoms with Crippen LogP contribution in [-0.4, -0.2) is 18.6 Å². The van der Waals surface area contributed by atoms with Crippen molar-refractivity contribution in [2.45, 2.75) is 37.3 Å². The van der Waals surface area contributed by atoms with Crippen molar-refractivity contribution in [3.8, 4) is 0 Å². The fourth-order valence-electron chi connectivity index (χ4n) is 2.35. The van der Waals surface area contributed by atoms with Gasteiger partial charge < -0.3 is 17.2 Å². The summed E-state index contributed by atoms with van der Waals surface area (Å²) in [7, 11) is 1.50. The van der Waals surface area contributed by atoms with E-state index in [4.69, 9.17) is 11.5 Å². The van der Waals surface area contributed by atoms with Gasteiger partial charge in [-0.1, -0.05) is 0 Å². The second kappa shape index (κ2) is 3.09. The van der Waals surface area contributed by atoms with Gasteiger partial charge in [-0.05, 0) is 38.6 Å². The fraction of sp³-hybridized carbons (Fsp3) is 1.00. The van der Waals surface area contributed by atoms with Crippen molar-refractivity contribution in [3.63, 3.8) is 0 Å². The minimum atomic E-state index is 0.0463. The first-order valence-corrected chi connectivity index (χ1v) is 4.33. The van der Waals surface area contributed by atoms with Crippen LogP contribution in [0.15, 0.2) is 0 Å². The molecule has 2 bridgehead atoms. The maximum atomic E-state index is 6.02. The Balaban J connectivity index is 0.000000281. The average Bonchev–Trinajstić information content (AvgIpc) is 2.48. The van der Waals surface area contributed by atoms with Crippen LogP contribution in [-0.2, 0) is 0 Å². The zero-order valence-electron chi connectivity index (χ0n) is 7.22. The first kappa shape index (κ1) is 8.97. The highest BCUT2D eigenvalue weighted by molar-refractivity contribution is 5.07. The van der Waals surface area contributed by atoms with Gasteiger partial charge in [-0.15, -0.1) is 0 Å². The molecule has 0 aromatic rings. The minimum Gasteiger partial charge on any atom is -0.333 e. The van der Waals surface area contributed by atoms with E-state index in [0.717, 1.165) is 5.92 Å². The Morgan fingerprint density at radius 1 is 1.36 bits per heavy atom. The highest BCUT2D eigenvalue weighted by Crippen LogP contribution is 2.44. The molecule has 11 heavy (non-hydrogen) atoms. The van der Waals surface area contributed by atoms with E-state index in [1.165, 1.54) is 32.7 Å². The molecule has 66 valence electrons. The Morgan fingerprint density at radius 3 is 2.18 bits per heavy atom. The Morgan fingerprint density at radius 2 is 2.00 bits per heavy atom. The van der Waals surface area contributed by atoms with Crippen LogP contribution >= 0.6 is 0 Å². The summed E-state index contributed by atoms with van der Waals surface area (Å²) in [5.41, 5.74) is 16.4. The monoisotopic (exact) mass is 157 g/mol. The van der Waals surface area contributed by atoms with Crippen molar-refractivity contribution < 1.29 is 0 Å². The van der Waals surface area contributed by atoms with Gasteiger partial charge in [0.1, 0.15) is 0 Å². The molecule has 2 aliphatic carbocycles. The van der Waals surface area contributed by atoms with Crippen molar-refractivity contribution in [3.05, 3.63) is 0 Å². The number of hydrogen-bond donors (Lipinski definition) is 3. The molecule has 0 radical (unpaired) electrons. The van der Waals surface area contributed by atoms with E-state index in [9.17, 15) is 0 Å². The van der Waals surface area contributed by atoms with Crippen LogP contribution < -0.4 is 17.2 Å². The van der Waals surface area contributed by atoms with E-state index in [2.05, 4.69) is 5.73 Å². The number of rotatable bonds is 0. The summed E-state index contributed by atoms with van der Waals surface area (Å²) in [4.78, 5) is 0. The second-order valence-electron chi connectivity index (χ2n) is 3.68. The Bertz CT molecular complexity index is 137. The lowest BCUT2D eigenvalue weighted by atomic mass is 9.90. The largest absolute Gasteiger partial charge is 0.333 e. The van der Waals surface area contributed by atoms with Crippen LogP contribution in [0.4, 0.5) is 0 Å². The quantitative estimate of drug-likeness (QED) is 0.455. The van der Waals surface area contributed by atoms with Gasteiger partial charge in [0.15, 0.2) is 0 Å². The van der Waals surface area contributed by atoms with E-state index in [0.29, 0.717) is 6.04 Å². The van der Waals surface area contributed by atoms with Crippen LogP contribution in [0.1, 0.15) is 25.7 Å². The third-order valence-corrected chi connectivity index (χ3v) is 3.01. The smallest absolute Gasteiger partial charge is 0.0310 e. The molecule has 3 unspecified atom stereocenters. The molecular weight excluding hydrogens is 138 g/mol. The molecule has 3 heteroatoms. The highest BCUT2D eigenvalue weighted by atomic mass is 14.9. The van der Waals surface area contributed by atoms with E-state index >= 15 is 0 Å². The lowest BCUT2D eigenvalue weighted by molar-refractivity contribution is 0.361. The summed E-state index contributed by atoms with van der Waals surface area (Å²) in [5, 5.41) is 0. The summed E-state index contributed by atoms with van der Waals surface area (Å²) in [5.74, 6) is 0.866. The van der Waals surface area contributed by atoms with E-state index in [1.807, 2.05) is 0 Å². The predicted octanol–water partition coefficient (Wildman–Crippen LogP) is -0.210. The fourth-order valence-corrected chi connectivity index (χ4v) is 2.35. The molecule has 0 spiro atoms. The van der Waals surface area contributed by atoms with Crippen LogP contribution in [0.3, 0.4) is 0 Å². The Labute approximate surface area is 68.3 Å². The van der Waals surface area contributed by atoms with Gasteiger partial charge in [-0.25, -0.2) is 0 Å². The molecule has 2 aliphatic rings. The van der Waals surface area contributed by atoms with Gasteiger partial charge in [0.25, 0.3) is 0 Å². The van der Waals surface area contributed by atoms with Crippen LogP contribution in [0.2, 0.25) is 0 Å². The molecule has 3 atom stereocenters. The van der Waals surface area contributed by atoms with E-state index < -0.39 is 0 Å². The predicted molar refractivity (Wildman–Crippen MR) is 47.0 cm³/mol. The summed E-state index contributed by atoms with van der Waals surface area (Å²) < 4.78 is 0. The van der Waals surface area contributed by atoms with Crippen LogP contribution in [0.5, 0.6) is 0 Å². The second-order valence-corrected chi connectivity index (χ2v) is 3.68. The van der Waals surface area contributed by atoms with Crippen molar-refractivity contribution in [2.24, 2.45) is 23.1 Å². The lowest BCUT2D eigenvalue weighted by Gasteiger charge is -2.27. The molecule has 2 saturated carbocycles. The summed E-state index contributed by atoms with van der Waals surface area (Å²) >= 11 is 0. The van der Waals surface area contributed by atoms with Gasteiger partial charge in [0.2, 0.25) is 0 Å². The SMILES string of the molecule is CN.NC1CC2CCC1(N)C2. The molecule has 0 aromatic heterocycles. The molecule has 0 heterocycles. The third-order valence-electron chi connectivity index (χ3n) is 3.01. The summed E-state index contributed by atoms with van der Waals surface area (Å²) in [6.45, 7) is 0. The minimum absolute atomic E-state index is 0.0463. The summed E-state index contributed by atoms with van der Waals surface area (Å²) in [6, 6.07) is 0.302. The molecule has 0 amide bonds. The zero-order valence-corrected chi connectivity index (χ0v) is 7.22. The Hall–Kier alpha value is -0.120. The molecule has 3 nitrogen and oxygen atoms in total. The first-order chi connectivity index (χ1) is 5.21.